The number of hydrogen-bond donors (Lipinski definition) is 2. The fourth-order valence-corrected chi connectivity index (χ4v) is 2.72. The van der Waals surface area contributed by atoms with Gasteiger partial charge in [0.05, 0.1) is 12.7 Å². The summed E-state index contributed by atoms with van der Waals surface area (Å²) in [5.74, 6) is -0.611. The zero-order chi connectivity index (χ0) is 17.3. The van der Waals surface area contributed by atoms with Crippen LogP contribution in [0.5, 0.6) is 5.75 Å². The van der Waals surface area contributed by atoms with Crippen LogP contribution in [0.3, 0.4) is 0 Å². The van der Waals surface area contributed by atoms with E-state index in [0.29, 0.717) is 22.4 Å². The van der Waals surface area contributed by atoms with Crippen LogP contribution in [0.2, 0.25) is 0 Å². The zero-order valence-electron chi connectivity index (χ0n) is 13.8. The topological polar surface area (TPSA) is 71.2 Å². The number of Topliss-reactive ketones (excluding diaryl/α,β-unsaturated/α-hetero) is 1. The third-order valence-electron chi connectivity index (χ3n) is 4.06. The number of anilines is 1. The molecule has 0 fully saturated rings. The lowest BCUT2D eigenvalue weighted by molar-refractivity contribution is -0.112. The van der Waals surface area contributed by atoms with Crippen molar-refractivity contribution in [2.24, 2.45) is 0 Å². The van der Waals surface area contributed by atoms with Gasteiger partial charge >= 0.3 is 0 Å². The van der Waals surface area contributed by atoms with E-state index in [4.69, 9.17) is 4.74 Å². The molecule has 2 N–H and O–H groups in total. The lowest BCUT2D eigenvalue weighted by Gasteiger charge is -2.10. The summed E-state index contributed by atoms with van der Waals surface area (Å²) >= 11 is 0. The Labute approximate surface area is 139 Å². The summed E-state index contributed by atoms with van der Waals surface area (Å²) in [6, 6.07) is 11.0. The number of rotatable bonds is 4. The number of methoxy groups -OCH3 is 1. The Bertz CT molecular complexity index is 921. The second-order valence-electron chi connectivity index (χ2n) is 5.66. The lowest BCUT2D eigenvalue weighted by atomic mass is 10.1. The van der Waals surface area contributed by atoms with E-state index in [-0.39, 0.29) is 0 Å². The minimum absolute atomic E-state index is 0.327. The molecule has 0 radical (unpaired) electrons. The number of carbonyl (C=O) groups excluding carboxylic acids is 2. The number of carbonyl (C=O) groups is 2. The van der Waals surface area contributed by atoms with Gasteiger partial charge in [-0.2, -0.15) is 0 Å². The fraction of sp³-hybridized carbons (Fsp3) is 0.158. The maximum absolute atomic E-state index is 12.6. The third-order valence-corrected chi connectivity index (χ3v) is 4.06. The maximum atomic E-state index is 12.6. The van der Waals surface area contributed by atoms with Gasteiger partial charge in [-0.25, -0.2) is 0 Å². The molecule has 0 aliphatic carbocycles. The number of ketones is 1. The Balaban J connectivity index is 1.93. The molecule has 0 saturated carbocycles. The number of hydrogen-bond acceptors (Lipinski definition) is 3. The van der Waals surface area contributed by atoms with Crippen molar-refractivity contribution in [1.29, 1.82) is 0 Å². The van der Waals surface area contributed by atoms with Gasteiger partial charge in [-0.15, -0.1) is 0 Å². The van der Waals surface area contributed by atoms with E-state index in [1.807, 2.05) is 38.1 Å². The van der Waals surface area contributed by atoms with E-state index in [1.165, 1.54) is 0 Å². The molecule has 24 heavy (non-hydrogen) atoms. The number of aromatic amines is 1. The molecule has 1 amide bonds. The molecule has 1 heterocycles. The molecule has 3 aromatic rings. The number of ether oxygens (including phenoxy) is 1. The molecule has 0 unspecified atom stereocenters. The smallest absolute Gasteiger partial charge is 0.296 e. The molecule has 0 spiro atoms. The van der Waals surface area contributed by atoms with Crippen molar-refractivity contribution >= 4 is 28.3 Å². The molecule has 1 aromatic heterocycles. The minimum atomic E-state index is -0.656. The summed E-state index contributed by atoms with van der Waals surface area (Å²) < 4.78 is 5.19. The van der Waals surface area contributed by atoms with Crippen molar-refractivity contribution in [1.82, 2.24) is 4.98 Å². The van der Waals surface area contributed by atoms with Crippen LogP contribution >= 0.6 is 0 Å². The first-order valence-electron chi connectivity index (χ1n) is 7.58. The van der Waals surface area contributed by atoms with Gasteiger partial charge in [-0.1, -0.05) is 18.2 Å². The van der Waals surface area contributed by atoms with Crippen molar-refractivity contribution in [3.05, 3.63) is 59.3 Å². The predicted octanol–water partition coefficient (Wildman–Crippen LogP) is 3.61. The number of aromatic nitrogens is 1. The Morgan fingerprint density at radius 2 is 1.79 bits per heavy atom. The van der Waals surface area contributed by atoms with Gasteiger partial charge < -0.3 is 15.0 Å². The number of para-hydroxylation sites is 1. The first-order valence-corrected chi connectivity index (χ1v) is 7.58. The average Bonchev–Trinajstić information content (AvgIpc) is 3.00. The van der Waals surface area contributed by atoms with Gasteiger partial charge in [-0.05, 0) is 43.2 Å². The van der Waals surface area contributed by atoms with E-state index >= 15 is 0 Å². The first-order chi connectivity index (χ1) is 11.5. The van der Waals surface area contributed by atoms with Gasteiger partial charge in [0.1, 0.15) is 5.75 Å². The Morgan fingerprint density at radius 1 is 1.08 bits per heavy atom. The van der Waals surface area contributed by atoms with Crippen LogP contribution in [-0.2, 0) is 4.79 Å². The van der Waals surface area contributed by atoms with Crippen LogP contribution in [-0.4, -0.2) is 23.8 Å². The molecule has 0 saturated heterocycles. The highest BCUT2D eigenvalue weighted by Crippen LogP contribution is 2.25. The molecule has 0 aliphatic rings. The summed E-state index contributed by atoms with van der Waals surface area (Å²) in [7, 11) is 1.56. The second kappa shape index (κ2) is 6.20. The molecular formula is C19H18N2O3. The van der Waals surface area contributed by atoms with E-state index in [0.717, 1.165) is 16.6 Å². The molecule has 0 aliphatic heterocycles. The normalized spacial score (nSPS) is 10.6. The van der Waals surface area contributed by atoms with Crippen LogP contribution < -0.4 is 10.1 Å². The monoisotopic (exact) mass is 322 g/mol. The highest BCUT2D eigenvalue weighted by atomic mass is 16.5. The third kappa shape index (κ3) is 2.76. The molecule has 122 valence electrons. The quantitative estimate of drug-likeness (QED) is 0.569. The number of aryl methyl sites for hydroxylation is 2. The highest BCUT2D eigenvalue weighted by molar-refractivity contribution is 6.48. The molecule has 0 bridgehead atoms. The second-order valence-corrected chi connectivity index (χ2v) is 5.66. The van der Waals surface area contributed by atoms with Crippen LogP contribution in [0, 0.1) is 13.8 Å². The summed E-state index contributed by atoms with van der Waals surface area (Å²) in [5.41, 5.74) is 3.61. The SMILES string of the molecule is COc1ccc2[nH]cc(C(=O)C(=O)Nc3c(C)cccc3C)c2c1. The van der Waals surface area contributed by atoms with E-state index in [9.17, 15) is 9.59 Å². The summed E-state index contributed by atoms with van der Waals surface area (Å²) in [6.45, 7) is 3.79. The Morgan fingerprint density at radius 3 is 2.46 bits per heavy atom. The lowest BCUT2D eigenvalue weighted by Crippen LogP contribution is -2.23. The average molecular weight is 322 g/mol. The van der Waals surface area contributed by atoms with Crippen molar-refractivity contribution in [3.8, 4) is 5.75 Å². The minimum Gasteiger partial charge on any atom is -0.497 e. The molecule has 0 atom stereocenters. The van der Waals surface area contributed by atoms with Crippen molar-refractivity contribution in [2.45, 2.75) is 13.8 Å². The Hall–Kier alpha value is -3.08. The molecule has 5 heteroatoms. The van der Waals surface area contributed by atoms with E-state index in [2.05, 4.69) is 10.3 Å². The fourth-order valence-electron chi connectivity index (χ4n) is 2.72. The standard InChI is InChI=1S/C19H18N2O3/c1-11-5-4-6-12(2)17(11)21-19(23)18(22)15-10-20-16-8-7-13(24-3)9-14(15)16/h4-10,20H,1-3H3,(H,21,23). The number of H-pyrrole nitrogens is 1. The number of nitrogens with one attached hydrogen (secondary N) is 2. The predicted molar refractivity (Wildman–Crippen MR) is 93.7 cm³/mol. The number of amides is 1. The molecule has 2 aromatic carbocycles. The summed E-state index contributed by atoms with van der Waals surface area (Å²) in [6.07, 6.45) is 1.55. The van der Waals surface area contributed by atoms with Gasteiger partial charge in [0.2, 0.25) is 0 Å². The van der Waals surface area contributed by atoms with Gasteiger partial charge in [-0.3, -0.25) is 9.59 Å². The van der Waals surface area contributed by atoms with Crippen LogP contribution in [0.25, 0.3) is 10.9 Å². The van der Waals surface area contributed by atoms with Gasteiger partial charge in [0.25, 0.3) is 11.7 Å². The summed E-state index contributed by atoms with van der Waals surface area (Å²) in [5, 5.41) is 3.39. The first kappa shape index (κ1) is 15.8. The van der Waals surface area contributed by atoms with Crippen LogP contribution in [0.15, 0.2) is 42.6 Å². The van der Waals surface area contributed by atoms with Crippen LogP contribution in [0.4, 0.5) is 5.69 Å². The van der Waals surface area contributed by atoms with Gasteiger partial charge in [0.15, 0.2) is 0 Å². The molecular weight excluding hydrogens is 304 g/mol. The van der Waals surface area contributed by atoms with E-state index < -0.39 is 11.7 Å². The van der Waals surface area contributed by atoms with Crippen molar-refractivity contribution in [2.75, 3.05) is 12.4 Å². The van der Waals surface area contributed by atoms with Crippen molar-refractivity contribution < 1.29 is 14.3 Å². The molecule has 3 rings (SSSR count). The molecule has 5 nitrogen and oxygen atoms in total. The van der Waals surface area contributed by atoms with Crippen LogP contribution in [0.1, 0.15) is 21.5 Å². The summed E-state index contributed by atoms with van der Waals surface area (Å²) in [4.78, 5) is 28.0. The zero-order valence-corrected chi connectivity index (χ0v) is 13.8. The van der Waals surface area contributed by atoms with E-state index in [1.54, 1.807) is 25.4 Å². The van der Waals surface area contributed by atoms with Gasteiger partial charge in [0, 0.05) is 22.8 Å². The Kier molecular flexibility index (Phi) is 4.08. The maximum Gasteiger partial charge on any atom is 0.296 e. The number of fused-ring (bicyclic) bond motifs is 1. The highest BCUT2D eigenvalue weighted by Gasteiger charge is 2.21. The largest absolute Gasteiger partial charge is 0.497 e. The number of benzene rings is 2. The van der Waals surface area contributed by atoms with Crippen molar-refractivity contribution in [3.63, 3.8) is 0 Å².